The van der Waals surface area contributed by atoms with E-state index in [0.717, 1.165) is 12.1 Å². The minimum Gasteiger partial charge on any atom is -0.369 e. The molecule has 0 aliphatic heterocycles. The number of amides is 1. The molecule has 0 atom stereocenters. The van der Waals surface area contributed by atoms with E-state index in [1.807, 2.05) is 0 Å². The third-order valence-electron chi connectivity index (χ3n) is 1.81. The first-order chi connectivity index (χ1) is 7.54. The summed E-state index contributed by atoms with van der Waals surface area (Å²) in [7, 11) is 0. The molecule has 0 aromatic heterocycles. The predicted octanol–water partition coefficient (Wildman–Crippen LogP) is 1.73. The van der Waals surface area contributed by atoms with Gasteiger partial charge in [-0.1, -0.05) is 12.2 Å². The van der Waals surface area contributed by atoms with E-state index in [4.69, 9.17) is 11.0 Å². The molecule has 0 saturated heterocycles. The van der Waals surface area contributed by atoms with Gasteiger partial charge in [0.05, 0.1) is 0 Å². The third kappa shape index (κ3) is 2.89. The number of hydrogen-bond donors (Lipinski definition) is 1. The molecule has 3 nitrogen and oxygen atoms in total. The Morgan fingerprint density at radius 1 is 1.44 bits per heavy atom. The summed E-state index contributed by atoms with van der Waals surface area (Å²) in [6, 6.07) is 3.44. The highest BCUT2D eigenvalue weighted by Gasteiger charge is 2.08. The Morgan fingerprint density at radius 3 is 2.44 bits per heavy atom. The molecule has 0 heterocycles. The summed E-state index contributed by atoms with van der Waals surface area (Å²) in [5.41, 5.74) is 4.49. The number of rotatable bonds is 3. The van der Waals surface area contributed by atoms with Crippen molar-refractivity contribution in [2.45, 2.75) is 6.42 Å². The third-order valence-corrected chi connectivity index (χ3v) is 1.81. The molecule has 1 aromatic rings. The van der Waals surface area contributed by atoms with Crippen LogP contribution in [-0.2, 0) is 4.79 Å². The van der Waals surface area contributed by atoms with Crippen molar-refractivity contribution in [2.24, 2.45) is 5.73 Å². The standard InChI is InChI=1S/C11H8F2N2O/c12-9-4-7(2-1-3-11(15)16)5-10(13)8(9)6-14/h1-2,4-5H,3H2,(H2,15,16). The van der Waals surface area contributed by atoms with Crippen LogP contribution in [0.15, 0.2) is 18.2 Å². The minimum absolute atomic E-state index is 0.0107. The van der Waals surface area contributed by atoms with Gasteiger partial charge in [0.1, 0.15) is 23.3 Å². The summed E-state index contributed by atoms with van der Waals surface area (Å²) in [4.78, 5) is 10.4. The number of primary amides is 1. The van der Waals surface area contributed by atoms with Crippen LogP contribution in [0.2, 0.25) is 0 Å². The summed E-state index contributed by atoms with van der Waals surface area (Å²) in [5, 5.41) is 8.43. The zero-order valence-electron chi connectivity index (χ0n) is 8.21. The number of carbonyl (C=O) groups excluding carboxylic acids is 1. The Balaban J connectivity index is 2.97. The van der Waals surface area contributed by atoms with Gasteiger partial charge < -0.3 is 5.73 Å². The van der Waals surface area contributed by atoms with Crippen LogP contribution in [0.1, 0.15) is 17.5 Å². The van der Waals surface area contributed by atoms with Crippen LogP contribution in [0, 0.1) is 23.0 Å². The second-order valence-corrected chi connectivity index (χ2v) is 3.04. The maximum Gasteiger partial charge on any atom is 0.221 e. The highest BCUT2D eigenvalue weighted by molar-refractivity contribution is 5.76. The van der Waals surface area contributed by atoms with E-state index in [0.29, 0.717) is 0 Å². The number of nitriles is 1. The molecule has 0 spiro atoms. The lowest BCUT2D eigenvalue weighted by molar-refractivity contribution is -0.117. The highest BCUT2D eigenvalue weighted by atomic mass is 19.1. The Bertz CT molecular complexity index is 466. The molecule has 16 heavy (non-hydrogen) atoms. The van der Waals surface area contributed by atoms with Crippen molar-refractivity contribution in [3.05, 3.63) is 41.0 Å². The summed E-state index contributed by atoms with van der Waals surface area (Å²) in [6.45, 7) is 0. The average molecular weight is 222 g/mol. The molecular formula is C11H8F2N2O. The van der Waals surface area contributed by atoms with Crippen LogP contribution in [0.25, 0.3) is 6.08 Å². The van der Waals surface area contributed by atoms with Crippen molar-refractivity contribution in [1.29, 1.82) is 5.26 Å². The van der Waals surface area contributed by atoms with Crippen LogP contribution in [0.4, 0.5) is 8.78 Å². The average Bonchev–Trinajstić information content (AvgIpc) is 2.16. The molecular weight excluding hydrogens is 214 g/mol. The smallest absolute Gasteiger partial charge is 0.221 e. The lowest BCUT2D eigenvalue weighted by Gasteiger charge is -1.98. The molecule has 0 bridgehead atoms. The first kappa shape index (κ1) is 11.9. The second kappa shape index (κ2) is 5.03. The quantitative estimate of drug-likeness (QED) is 0.846. The fourth-order valence-corrected chi connectivity index (χ4v) is 1.11. The predicted molar refractivity (Wildman–Crippen MR) is 53.9 cm³/mol. The van der Waals surface area contributed by atoms with Gasteiger partial charge in [0.2, 0.25) is 5.91 Å². The number of halogens is 2. The van der Waals surface area contributed by atoms with Crippen LogP contribution < -0.4 is 5.73 Å². The van der Waals surface area contributed by atoms with Gasteiger partial charge in [0.15, 0.2) is 0 Å². The molecule has 5 heteroatoms. The largest absolute Gasteiger partial charge is 0.369 e. The molecule has 1 aromatic carbocycles. The molecule has 1 rings (SSSR count). The molecule has 0 aliphatic carbocycles. The van der Waals surface area contributed by atoms with Gasteiger partial charge in [0, 0.05) is 6.42 Å². The van der Waals surface area contributed by atoms with Crippen LogP contribution >= 0.6 is 0 Å². The van der Waals surface area contributed by atoms with Gasteiger partial charge in [-0.05, 0) is 17.7 Å². The maximum atomic E-state index is 13.1. The van der Waals surface area contributed by atoms with Crippen molar-refractivity contribution in [3.63, 3.8) is 0 Å². The topological polar surface area (TPSA) is 66.9 Å². The summed E-state index contributed by atoms with van der Waals surface area (Å²) in [6.07, 6.45) is 2.74. The zero-order valence-corrected chi connectivity index (χ0v) is 8.21. The number of nitrogens with zero attached hydrogens (tertiary/aromatic N) is 1. The fraction of sp³-hybridized carbons (Fsp3) is 0.0909. The molecule has 0 fully saturated rings. The van der Waals surface area contributed by atoms with Gasteiger partial charge in [0.25, 0.3) is 0 Å². The van der Waals surface area contributed by atoms with Gasteiger partial charge in [-0.25, -0.2) is 8.78 Å². The Morgan fingerprint density at radius 2 is 2.00 bits per heavy atom. The summed E-state index contributed by atoms with van der Waals surface area (Å²) in [5.74, 6) is -2.40. The molecule has 0 aliphatic rings. The van der Waals surface area contributed by atoms with Crippen molar-refractivity contribution < 1.29 is 13.6 Å². The molecule has 0 saturated carbocycles. The van der Waals surface area contributed by atoms with E-state index >= 15 is 0 Å². The van der Waals surface area contributed by atoms with Gasteiger partial charge in [-0.15, -0.1) is 0 Å². The Labute approximate surface area is 90.8 Å². The van der Waals surface area contributed by atoms with E-state index in [2.05, 4.69) is 0 Å². The highest BCUT2D eigenvalue weighted by Crippen LogP contribution is 2.15. The van der Waals surface area contributed by atoms with E-state index < -0.39 is 23.1 Å². The summed E-state index contributed by atoms with van der Waals surface area (Å²) >= 11 is 0. The van der Waals surface area contributed by atoms with E-state index in [1.165, 1.54) is 18.2 Å². The van der Waals surface area contributed by atoms with E-state index in [9.17, 15) is 13.6 Å². The van der Waals surface area contributed by atoms with Crippen molar-refractivity contribution in [1.82, 2.24) is 0 Å². The lowest BCUT2D eigenvalue weighted by Crippen LogP contribution is -2.07. The zero-order chi connectivity index (χ0) is 12.1. The Kier molecular flexibility index (Phi) is 3.72. The van der Waals surface area contributed by atoms with Gasteiger partial charge in [-0.3, -0.25) is 4.79 Å². The summed E-state index contributed by atoms with van der Waals surface area (Å²) < 4.78 is 26.2. The number of hydrogen-bond acceptors (Lipinski definition) is 2. The molecule has 1 amide bonds. The molecule has 82 valence electrons. The van der Waals surface area contributed by atoms with Crippen LogP contribution in [-0.4, -0.2) is 5.91 Å². The van der Waals surface area contributed by atoms with Crippen LogP contribution in [0.5, 0.6) is 0 Å². The minimum atomic E-state index is -0.929. The van der Waals surface area contributed by atoms with Crippen molar-refractivity contribution in [3.8, 4) is 6.07 Å². The SMILES string of the molecule is N#Cc1c(F)cc(C=CCC(N)=O)cc1F. The van der Waals surface area contributed by atoms with Crippen molar-refractivity contribution >= 4 is 12.0 Å². The van der Waals surface area contributed by atoms with Crippen LogP contribution in [0.3, 0.4) is 0 Å². The van der Waals surface area contributed by atoms with Gasteiger partial charge >= 0.3 is 0 Å². The lowest BCUT2D eigenvalue weighted by atomic mass is 10.1. The molecule has 0 radical (unpaired) electrons. The van der Waals surface area contributed by atoms with E-state index in [-0.39, 0.29) is 12.0 Å². The number of carbonyl (C=O) groups is 1. The van der Waals surface area contributed by atoms with Gasteiger partial charge in [-0.2, -0.15) is 5.26 Å². The van der Waals surface area contributed by atoms with E-state index in [1.54, 1.807) is 0 Å². The first-order valence-corrected chi connectivity index (χ1v) is 4.38. The molecule has 0 unspecified atom stereocenters. The fourth-order valence-electron chi connectivity index (χ4n) is 1.11. The monoisotopic (exact) mass is 222 g/mol. The Hall–Kier alpha value is -2.22. The number of benzene rings is 1. The molecule has 2 N–H and O–H groups in total. The number of nitrogens with two attached hydrogens (primary N) is 1. The second-order valence-electron chi connectivity index (χ2n) is 3.04. The maximum absolute atomic E-state index is 13.1. The van der Waals surface area contributed by atoms with Crippen molar-refractivity contribution in [2.75, 3.05) is 0 Å². The first-order valence-electron chi connectivity index (χ1n) is 4.38. The normalized spacial score (nSPS) is 10.3.